The van der Waals surface area contributed by atoms with E-state index in [0.717, 1.165) is 23.3 Å². The predicted molar refractivity (Wildman–Crippen MR) is 93.1 cm³/mol. The van der Waals surface area contributed by atoms with Crippen LogP contribution in [0.2, 0.25) is 0 Å². The molecule has 0 bridgehead atoms. The van der Waals surface area contributed by atoms with Crippen molar-refractivity contribution < 1.29 is 4.74 Å². The molecule has 0 aliphatic carbocycles. The van der Waals surface area contributed by atoms with Crippen LogP contribution >= 0.6 is 0 Å². The summed E-state index contributed by atoms with van der Waals surface area (Å²) in [5.74, 6) is 1.58. The second kappa shape index (κ2) is 7.46. The number of rotatable bonds is 6. The van der Waals surface area contributed by atoms with Crippen molar-refractivity contribution in [3.8, 4) is 5.75 Å². The van der Waals surface area contributed by atoms with Gasteiger partial charge in [-0.05, 0) is 48.4 Å². The smallest absolute Gasteiger partial charge is 0.125 e. The molecule has 0 heterocycles. The third-order valence-corrected chi connectivity index (χ3v) is 3.86. The lowest BCUT2D eigenvalue weighted by molar-refractivity contribution is 0.301. The van der Waals surface area contributed by atoms with E-state index in [-0.39, 0.29) is 6.04 Å². The Bertz CT molecular complexity index is 581. The van der Waals surface area contributed by atoms with E-state index in [1.54, 1.807) is 0 Å². The second-order valence-corrected chi connectivity index (χ2v) is 6.49. The third-order valence-electron chi connectivity index (χ3n) is 3.86. The molecule has 0 aliphatic rings. The quantitative estimate of drug-likeness (QED) is 0.820. The Morgan fingerprint density at radius 2 is 1.59 bits per heavy atom. The summed E-state index contributed by atoms with van der Waals surface area (Å²) in [5, 5.41) is 0. The molecule has 0 aromatic heterocycles. The van der Waals surface area contributed by atoms with Crippen molar-refractivity contribution in [2.24, 2.45) is 11.7 Å². The Balaban J connectivity index is 2.13. The van der Waals surface area contributed by atoms with Gasteiger partial charge in [-0.2, -0.15) is 0 Å². The van der Waals surface area contributed by atoms with Crippen molar-refractivity contribution in [2.45, 2.75) is 46.8 Å². The largest absolute Gasteiger partial charge is 0.488 e. The van der Waals surface area contributed by atoms with Crippen LogP contribution in [-0.2, 0) is 6.61 Å². The van der Waals surface area contributed by atoms with Crippen molar-refractivity contribution in [3.05, 3.63) is 64.7 Å². The minimum Gasteiger partial charge on any atom is -0.488 e. The maximum Gasteiger partial charge on any atom is 0.125 e. The lowest BCUT2D eigenvalue weighted by atomic mass is 9.95. The molecule has 0 unspecified atom stereocenters. The minimum absolute atomic E-state index is 0.0978. The van der Waals surface area contributed by atoms with E-state index in [2.05, 4.69) is 52.0 Å². The summed E-state index contributed by atoms with van der Waals surface area (Å²) >= 11 is 0. The van der Waals surface area contributed by atoms with E-state index in [9.17, 15) is 0 Å². The van der Waals surface area contributed by atoms with Gasteiger partial charge in [0.15, 0.2) is 0 Å². The van der Waals surface area contributed by atoms with Crippen molar-refractivity contribution in [1.29, 1.82) is 0 Å². The molecule has 0 saturated carbocycles. The van der Waals surface area contributed by atoms with Crippen LogP contribution in [0.5, 0.6) is 5.75 Å². The van der Waals surface area contributed by atoms with Gasteiger partial charge in [0.2, 0.25) is 0 Å². The standard InChI is InChI=1S/C20H27NO/c1-14(2)10-19(21)18-11-15(3)20(16(4)12-18)22-13-17-8-6-5-7-9-17/h5-9,11-12,14,19H,10,13,21H2,1-4H3/t19-/m0/s1. The van der Waals surface area contributed by atoms with Gasteiger partial charge in [0.25, 0.3) is 0 Å². The maximum absolute atomic E-state index is 6.31. The third kappa shape index (κ3) is 4.35. The van der Waals surface area contributed by atoms with Gasteiger partial charge in [-0.15, -0.1) is 0 Å². The van der Waals surface area contributed by atoms with Gasteiger partial charge in [-0.25, -0.2) is 0 Å². The first-order chi connectivity index (χ1) is 10.5. The molecule has 0 spiro atoms. The number of ether oxygens (including phenoxy) is 1. The molecule has 2 rings (SSSR count). The Kier molecular flexibility index (Phi) is 5.62. The van der Waals surface area contributed by atoms with E-state index < -0.39 is 0 Å². The van der Waals surface area contributed by atoms with Crippen molar-refractivity contribution >= 4 is 0 Å². The molecule has 0 saturated heterocycles. The fourth-order valence-electron chi connectivity index (χ4n) is 2.80. The Morgan fingerprint density at radius 1 is 1.00 bits per heavy atom. The highest BCUT2D eigenvalue weighted by atomic mass is 16.5. The van der Waals surface area contributed by atoms with E-state index in [4.69, 9.17) is 10.5 Å². The SMILES string of the molecule is Cc1cc([C@@H](N)CC(C)C)cc(C)c1OCc1ccccc1. The van der Waals surface area contributed by atoms with Crippen LogP contribution in [0.25, 0.3) is 0 Å². The van der Waals surface area contributed by atoms with Crippen LogP contribution in [0.3, 0.4) is 0 Å². The number of hydrogen-bond donors (Lipinski definition) is 1. The van der Waals surface area contributed by atoms with Crippen molar-refractivity contribution in [2.75, 3.05) is 0 Å². The summed E-state index contributed by atoms with van der Waals surface area (Å²) in [6.07, 6.45) is 1.00. The van der Waals surface area contributed by atoms with E-state index in [1.807, 2.05) is 18.2 Å². The molecular formula is C20H27NO. The highest BCUT2D eigenvalue weighted by Gasteiger charge is 2.13. The zero-order valence-corrected chi connectivity index (χ0v) is 14.1. The average Bonchev–Trinajstić information content (AvgIpc) is 2.46. The highest BCUT2D eigenvalue weighted by Crippen LogP contribution is 2.29. The Hall–Kier alpha value is -1.80. The van der Waals surface area contributed by atoms with E-state index >= 15 is 0 Å². The van der Waals surface area contributed by atoms with Crippen molar-refractivity contribution in [3.63, 3.8) is 0 Å². The van der Waals surface area contributed by atoms with E-state index in [1.165, 1.54) is 11.1 Å². The van der Waals surface area contributed by atoms with Crippen LogP contribution in [-0.4, -0.2) is 0 Å². The molecule has 2 aromatic rings. The van der Waals surface area contributed by atoms with Crippen LogP contribution in [0, 0.1) is 19.8 Å². The highest BCUT2D eigenvalue weighted by molar-refractivity contribution is 5.44. The summed E-state index contributed by atoms with van der Waals surface area (Å²) in [5.41, 5.74) is 11.0. The average molecular weight is 297 g/mol. The van der Waals surface area contributed by atoms with Gasteiger partial charge in [-0.1, -0.05) is 56.3 Å². The van der Waals surface area contributed by atoms with Crippen LogP contribution in [0.15, 0.2) is 42.5 Å². The monoisotopic (exact) mass is 297 g/mol. The van der Waals surface area contributed by atoms with Gasteiger partial charge in [-0.3, -0.25) is 0 Å². The summed E-state index contributed by atoms with van der Waals surface area (Å²) in [4.78, 5) is 0. The van der Waals surface area contributed by atoms with Gasteiger partial charge < -0.3 is 10.5 Å². The zero-order valence-electron chi connectivity index (χ0n) is 14.1. The molecule has 118 valence electrons. The maximum atomic E-state index is 6.31. The minimum atomic E-state index is 0.0978. The molecule has 2 nitrogen and oxygen atoms in total. The molecule has 0 amide bonds. The summed E-state index contributed by atoms with van der Waals surface area (Å²) in [6.45, 7) is 9.20. The molecule has 0 fully saturated rings. The molecule has 2 heteroatoms. The van der Waals surface area contributed by atoms with Crippen LogP contribution < -0.4 is 10.5 Å². The molecule has 22 heavy (non-hydrogen) atoms. The Labute approximate surface area is 134 Å². The first-order valence-electron chi connectivity index (χ1n) is 8.00. The molecular weight excluding hydrogens is 270 g/mol. The lowest BCUT2D eigenvalue weighted by Gasteiger charge is -2.19. The Morgan fingerprint density at radius 3 is 2.14 bits per heavy atom. The van der Waals surface area contributed by atoms with Crippen LogP contribution in [0.4, 0.5) is 0 Å². The predicted octanol–water partition coefficient (Wildman–Crippen LogP) is 4.93. The molecule has 2 N–H and O–H groups in total. The summed E-state index contributed by atoms with van der Waals surface area (Å²) in [6, 6.07) is 14.7. The molecule has 1 atom stereocenters. The number of hydrogen-bond acceptors (Lipinski definition) is 2. The lowest BCUT2D eigenvalue weighted by Crippen LogP contribution is -2.13. The normalized spacial score (nSPS) is 12.5. The van der Waals surface area contributed by atoms with Gasteiger partial charge in [0, 0.05) is 6.04 Å². The zero-order chi connectivity index (χ0) is 16.1. The number of nitrogens with two attached hydrogens (primary N) is 1. The van der Waals surface area contributed by atoms with Gasteiger partial charge in [0.05, 0.1) is 0 Å². The van der Waals surface area contributed by atoms with Crippen molar-refractivity contribution in [1.82, 2.24) is 0 Å². The van der Waals surface area contributed by atoms with Gasteiger partial charge in [0.1, 0.15) is 12.4 Å². The fourth-order valence-corrected chi connectivity index (χ4v) is 2.80. The number of benzene rings is 2. The summed E-state index contributed by atoms with van der Waals surface area (Å²) in [7, 11) is 0. The first-order valence-corrected chi connectivity index (χ1v) is 8.00. The topological polar surface area (TPSA) is 35.2 Å². The molecule has 2 aromatic carbocycles. The van der Waals surface area contributed by atoms with E-state index in [0.29, 0.717) is 12.5 Å². The number of aryl methyl sites for hydroxylation is 2. The van der Waals surface area contributed by atoms with Gasteiger partial charge >= 0.3 is 0 Å². The molecule has 0 radical (unpaired) electrons. The van der Waals surface area contributed by atoms with Crippen LogP contribution in [0.1, 0.15) is 48.6 Å². The second-order valence-electron chi connectivity index (χ2n) is 6.49. The molecule has 0 aliphatic heterocycles. The summed E-state index contributed by atoms with van der Waals surface area (Å²) < 4.78 is 6.03. The first kappa shape index (κ1) is 16.6. The fraction of sp³-hybridized carbons (Fsp3) is 0.400.